The minimum atomic E-state index is -0.289. The van der Waals surface area contributed by atoms with E-state index in [1.54, 1.807) is 0 Å². The second-order valence-electron chi connectivity index (χ2n) is 5.85. The molecule has 1 aromatic carbocycles. The van der Waals surface area contributed by atoms with Crippen LogP contribution in [0.15, 0.2) is 42.5 Å². The Bertz CT molecular complexity index is 631. The maximum absolute atomic E-state index is 9.71. The fourth-order valence-corrected chi connectivity index (χ4v) is 4.04. The summed E-state index contributed by atoms with van der Waals surface area (Å²) in [4.78, 5) is 5.28. The Labute approximate surface area is 130 Å². The van der Waals surface area contributed by atoms with Gasteiger partial charge in [0.05, 0.1) is 11.5 Å². The summed E-state index contributed by atoms with van der Waals surface area (Å²) in [5, 5.41) is 9.71. The third kappa shape index (κ3) is 3.02. The molecule has 1 aromatic heterocycles. The maximum atomic E-state index is 9.71. The molecule has 0 bridgehead atoms. The Kier molecular flexibility index (Phi) is 4.10. The summed E-state index contributed by atoms with van der Waals surface area (Å²) in [7, 11) is 0. The highest BCUT2D eigenvalue weighted by Gasteiger charge is 2.36. The van der Waals surface area contributed by atoms with Gasteiger partial charge in [-0.2, -0.15) is 5.26 Å². The second-order valence-corrected chi connectivity index (χ2v) is 7.22. The van der Waals surface area contributed by atoms with Crippen LogP contribution < -0.4 is 0 Å². The number of rotatable bonds is 3. The molecule has 108 valence electrons. The van der Waals surface area contributed by atoms with Crippen molar-refractivity contribution in [2.24, 2.45) is 0 Å². The van der Waals surface area contributed by atoms with Gasteiger partial charge in [-0.1, -0.05) is 30.3 Å². The molecule has 0 aliphatic carbocycles. The molecule has 0 saturated carbocycles. The third-order valence-electron chi connectivity index (χ3n) is 4.43. The van der Waals surface area contributed by atoms with E-state index in [4.69, 9.17) is 0 Å². The van der Waals surface area contributed by atoms with E-state index in [1.165, 1.54) is 15.3 Å². The number of hydrogen-bond donors (Lipinski definition) is 0. The van der Waals surface area contributed by atoms with Crippen LogP contribution in [0.25, 0.3) is 0 Å². The van der Waals surface area contributed by atoms with Crippen molar-refractivity contribution in [3.05, 3.63) is 57.8 Å². The first kappa shape index (κ1) is 14.3. The number of thiophene rings is 1. The first-order valence-corrected chi connectivity index (χ1v) is 8.28. The summed E-state index contributed by atoms with van der Waals surface area (Å²) in [6.45, 7) is 5.17. The largest absolute Gasteiger partial charge is 0.298 e. The summed E-state index contributed by atoms with van der Waals surface area (Å²) < 4.78 is 0. The van der Waals surface area contributed by atoms with E-state index < -0.39 is 0 Å². The molecule has 2 aromatic rings. The molecule has 1 fully saturated rings. The van der Waals surface area contributed by atoms with Crippen LogP contribution >= 0.6 is 11.3 Å². The highest BCUT2D eigenvalue weighted by Crippen LogP contribution is 2.35. The summed E-state index contributed by atoms with van der Waals surface area (Å²) in [5.74, 6) is 0. The molecular weight excluding hydrogens is 276 g/mol. The number of hydrogen-bond acceptors (Lipinski definition) is 3. The highest BCUT2D eigenvalue weighted by atomic mass is 32.1. The van der Waals surface area contributed by atoms with Crippen molar-refractivity contribution in [1.29, 1.82) is 5.26 Å². The lowest BCUT2D eigenvalue weighted by Crippen LogP contribution is -2.41. The highest BCUT2D eigenvalue weighted by molar-refractivity contribution is 7.11. The van der Waals surface area contributed by atoms with Gasteiger partial charge in [-0.05, 0) is 37.5 Å². The van der Waals surface area contributed by atoms with E-state index in [2.05, 4.69) is 42.2 Å². The normalized spacial score (nSPS) is 18.3. The maximum Gasteiger partial charge on any atom is 0.0846 e. The fraction of sp³-hybridized carbons (Fsp3) is 0.389. The van der Waals surface area contributed by atoms with Crippen molar-refractivity contribution in [2.45, 2.75) is 31.7 Å². The zero-order chi connectivity index (χ0) is 14.7. The van der Waals surface area contributed by atoms with Gasteiger partial charge >= 0.3 is 0 Å². The van der Waals surface area contributed by atoms with Gasteiger partial charge in [0.15, 0.2) is 0 Å². The summed E-state index contributed by atoms with van der Waals surface area (Å²) in [6, 6.07) is 17.3. The molecular formula is C18H20N2S. The lowest BCUT2D eigenvalue weighted by molar-refractivity contribution is 0.180. The summed E-state index contributed by atoms with van der Waals surface area (Å²) in [5.41, 5.74) is 0.891. The number of piperidine rings is 1. The molecule has 1 aliphatic rings. The minimum Gasteiger partial charge on any atom is -0.298 e. The summed E-state index contributed by atoms with van der Waals surface area (Å²) >= 11 is 1.88. The van der Waals surface area contributed by atoms with E-state index in [1.807, 2.05) is 29.5 Å². The van der Waals surface area contributed by atoms with E-state index in [0.717, 1.165) is 32.5 Å². The van der Waals surface area contributed by atoms with Crippen LogP contribution in [-0.2, 0) is 12.0 Å². The molecule has 3 rings (SSSR count). The van der Waals surface area contributed by atoms with E-state index >= 15 is 0 Å². The van der Waals surface area contributed by atoms with Crippen molar-refractivity contribution in [2.75, 3.05) is 13.1 Å². The van der Waals surface area contributed by atoms with Gasteiger partial charge in [-0.25, -0.2) is 0 Å². The predicted octanol–water partition coefficient (Wildman–Crippen LogP) is 4.11. The van der Waals surface area contributed by atoms with Crippen molar-refractivity contribution in [1.82, 2.24) is 4.90 Å². The summed E-state index contributed by atoms with van der Waals surface area (Å²) in [6.07, 6.45) is 1.86. The zero-order valence-electron chi connectivity index (χ0n) is 12.4. The van der Waals surface area contributed by atoms with Crippen LogP contribution in [0.2, 0.25) is 0 Å². The Hall–Kier alpha value is -1.63. The molecule has 21 heavy (non-hydrogen) atoms. The van der Waals surface area contributed by atoms with Crippen LogP contribution in [0, 0.1) is 18.3 Å². The van der Waals surface area contributed by atoms with Gasteiger partial charge in [-0.15, -0.1) is 11.3 Å². The first-order chi connectivity index (χ1) is 10.2. The Balaban J connectivity index is 1.68. The molecule has 0 radical (unpaired) electrons. The van der Waals surface area contributed by atoms with E-state index in [0.29, 0.717) is 0 Å². The molecule has 3 heteroatoms. The Morgan fingerprint density at radius 3 is 2.43 bits per heavy atom. The van der Waals surface area contributed by atoms with E-state index in [-0.39, 0.29) is 5.41 Å². The number of nitriles is 1. The number of aryl methyl sites for hydroxylation is 1. The molecule has 0 spiro atoms. The molecule has 0 atom stereocenters. The Morgan fingerprint density at radius 2 is 1.86 bits per heavy atom. The van der Waals surface area contributed by atoms with Gasteiger partial charge in [-0.3, -0.25) is 4.90 Å². The molecule has 1 saturated heterocycles. The first-order valence-electron chi connectivity index (χ1n) is 7.46. The van der Waals surface area contributed by atoms with Gasteiger partial charge in [0, 0.05) is 29.4 Å². The Morgan fingerprint density at radius 1 is 1.14 bits per heavy atom. The fourth-order valence-electron chi connectivity index (χ4n) is 3.11. The van der Waals surface area contributed by atoms with Crippen molar-refractivity contribution < 1.29 is 0 Å². The molecule has 0 unspecified atom stereocenters. The quantitative estimate of drug-likeness (QED) is 0.852. The van der Waals surface area contributed by atoms with Gasteiger partial charge in [0.2, 0.25) is 0 Å². The number of benzene rings is 1. The van der Waals surface area contributed by atoms with Crippen molar-refractivity contribution in [3.63, 3.8) is 0 Å². The number of nitrogens with zero attached hydrogens (tertiary/aromatic N) is 2. The van der Waals surface area contributed by atoms with Gasteiger partial charge in [0.1, 0.15) is 0 Å². The van der Waals surface area contributed by atoms with Crippen LogP contribution in [0.1, 0.15) is 28.2 Å². The second kappa shape index (κ2) is 6.01. The smallest absolute Gasteiger partial charge is 0.0846 e. The van der Waals surface area contributed by atoms with Gasteiger partial charge in [0.25, 0.3) is 0 Å². The lowest BCUT2D eigenvalue weighted by atomic mass is 9.74. The average molecular weight is 296 g/mol. The monoisotopic (exact) mass is 296 g/mol. The van der Waals surface area contributed by atoms with Crippen LogP contribution in [0.3, 0.4) is 0 Å². The molecule has 0 N–H and O–H groups in total. The number of likely N-dealkylation sites (tertiary alicyclic amines) is 1. The minimum absolute atomic E-state index is 0.289. The average Bonchev–Trinajstić information content (AvgIpc) is 2.94. The lowest BCUT2D eigenvalue weighted by Gasteiger charge is -2.37. The molecule has 2 nitrogen and oxygen atoms in total. The van der Waals surface area contributed by atoms with Crippen LogP contribution in [0.5, 0.6) is 0 Å². The molecule has 1 aliphatic heterocycles. The predicted molar refractivity (Wildman–Crippen MR) is 87.3 cm³/mol. The molecule has 0 amide bonds. The zero-order valence-corrected chi connectivity index (χ0v) is 13.2. The van der Waals surface area contributed by atoms with Gasteiger partial charge < -0.3 is 0 Å². The standard InChI is InChI=1S/C18H20N2S/c1-15-7-8-17(21-15)13-20-11-9-18(14-19,10-12-20)16-5-3-2-4-6-16/h2-8H,9-13H2,1H3. The van der Waals surface area contributed by atoms with Crippen LogP contribution in [-0.4, -0.2) is 18.0 Å². The van der Waals surface area contributed by atoms with Crippen molar-refractivity contribution >= 4 is 11.3 Å². The van der Waals surface area contributed by atoms with E-state index in [9.17, 15) is 5.26 Å². The SMILES string of the molecule is Cc1ccc(CN2CCC(C#N)(c3ccccc3)CC2)s1. The third-order valence-corrected chi connectivity index (χ3v) is 5.41. The van der Waals surface area contributed by atoms with Crippen molar-refractivity contribution in [3.8, 4) is 6.07 Å². The topological polar surface area (TPSA) is 27.0 Å². The molecule has 2 heterocycles. The van der Waals surface area contributed by atoms with Crippen LogP contribution in [0.4, 0.5) is 0 Å².